The van der Waals surface area contributed by atoms with E-state index in [0.29, 0.717) is 25.3 Å². The molecule has 0 bridgehead atoms. The average Bonchev–Trinajstić information content (AvgIpc) is 2.89. The van der Waals surface area contributed by atoms with Gasteiger partial charge in [-0.3, -0.25) is 14.3 Å². The number of amides is 1. The molecule has 3 heterocycles. The lowest BCUT2D eigenvalue weighted by atomic mass is 9.97. The predicted octanol–water partition coefficient (Wildman–Crippen LogP) is 0.720. The molecule has 1 aliphatic rings. The van der Waals surface area contributed by atoms with Crippen molar-refractivity contribution < 1.29 is 4.79 Å². The second-order valence-corrected chi connectivity index (χ2v) is 6.14. The van der Waals surface area contributed by atoms with Crippen molar-refractivity contribution >= 4 is 5.91 Å². The minimum absolute atomic E-state index is 0.0648. The van der Waals surface area contributed by atoms with E-state index in [1.165, 1.54) is 10.9 Å². The third-order valence-electron chi connectivity index (χ3n) is 4.43. The van der Waals surface area contributed by atoms with E-state index in [1.54, 1.807) is 22.7 Å². The Kier molecular flexibility index (Phi) is 4.46. The summed E-state index contributed by atoms with van der Waals surface area (Å²) in [5.41, 5.74) is 1.03. The molecule has 0 aliphatic carbocycles. The van der Waals surface area contributed by atoms with Crippen LogP contribution in [-0.2, 0) is 13.6 Å². The Labute approximate surface area is 140 Å². The molecule has 2 aromatic rings. The number of hydrogen-bond acceptors (Lipinski definition) is 5. The lowest BCUT2D eigenvalue weighted by Crippen LogP contribution is -2.40. The lowest BCUT2D eigenvalue weighted by molar-refractivity contribution is 0.0696. The molecule has 0 radical (unpaired) electrons. The molecule has 1 fully saturated rings. The fourth-order valence-electron chi connectivity index (χ4n) is 3.16. The van der Waals surface area contributed by atoms with Crippen molar-refractivity contribution in [2.24, 2.45) is 7.05 Å². The van der Waals surface area contributed by atoms with Crippen LogP contribution < -0.4 is 5.69 Å². The second kappa shape index (κ2) is 6.54. The minimum atomic E-state index is -0.117. The number of carbonyl (C=O) groups excluding carboxylic acids is 1. The molecule has 2 aromatic heterocycles. The summed E-state index contributed by atoms with van der Waals surface area (Å²) in [6.45, 7) is 5.58. The van der Waals surface area contributed by atoms with Crippen LogP contribution in [0.4, 0.5) is 0 Å². The Morgan fingerprint density at radius 3 is 2.79 bits per heavy atom. The minimum Gasteiger partial charge on any atom is -0.337 e. The summed E-state index contributed by atoms with van der Waals surface area (Å²) >= 11 is 0. The molecular weight excluding hydrogens is 308 g/mol. The molecule has 24 heavy (non-hydrogen) atoms. The molecule has 8 heteroatoms. The summed E-state index contributed by atoms with van der Waals surface area (Å²) in [6, 6.07) is 0. The first-order chi connectivity index (χ1) is 11.5. The first kappa shape index (κ1) is 16.4. The van der Waals surface area contributed by atoms with Crippen LogP contribution in [0.15, 0.2) is 17.2 Å². The van der Waals surface area contributed by atoms with Gasteiger partial charge in [0.2, 0.25) is 0 Å². The van der Waals surface area contributed by atoms with E-state index in [4.69, 9.17) is 0 Å². The van der Waals surface area contributed by atoms with Crippen LogP contribution in [0.5, 0.6) is 0 Å². The third kappa shape index (κ3) is 2.95. The third-order valence-corrected chi connectivity index (χ3v) is 4.43. The molecule has 1 aliphatic heterocycles. The summed E-state index contributed by atoms with van der Waals surface area (Å²) < 4.78 is 3.05. The predicted molar refractivity (Wildman–Crippen MR) is 87.8 cm³/mol. The topological polar surface area (TPSA) is 85.9 Å². The van der Waals surface area contributed by atoms with E-state index in [1.807, 2.05) is 13.8 Å². The summed E-state index contributed by atoms with van der Waals surface area (Å²) in [6.07, 6.45) is 4.91. The molecule has 3 rings (SSSR count). The van der Waals surface area contributed by atoms with Gasteiger partial charge in [0.05, 0.1) is 11.9 Å². The lowest BCUT2D eigenvalue weighted by Gasteiger charge is -2.32. The first-order valence-corrected chi connectivity index (χ1v) is 8.23. The number of likely N-dealkylation sites (tertiary alicyclic amines) is 1. The van der Waals surface area contributed by atoms with Crippen molar-refractivity contribution in [2.45, 2.75) is 39.2 Å². The van der Waals surface area contributed by atoms with Crippen molar-refractivity contribution in [3.63, 3.8) is 0 Å². The molecule has 128 valence electrons. The second-order valence-electron chi connectivity index (χ2n) is 6.14. The molecule has 1 saturated heterocycles. The summed E-state index contributed by atoms with van der Waals surface area (Å²) in [4.78, 5) is 34.8. The number of hydrogen-bond donors (Lipinski definition) is 0. The zero-order chi connectivity index (χ0) is 17.3. The first-order valence-electron chi connectivity index (χ1n) is 8.23. The fourth-order valence-corrected chi connectivity index (χ4v) is 3.16. The Hall–Kier alpha value is -2.51. The van der Waals surface area contributed by atoms with Crippen LogP contribution in [0.3, 0.4) is 0 Å². The molecule has 0 aromatic carbocycles. The van der Waals surface area contributed by atoms with Crippen molar-refractivity contribution in [2.75, 3.05) is 13.1 Å². The zero-order valence-corrected chi connectivity index (χ0v) is 14.3. The van der Waals surface area contributed by atoms with Gasteiger partial charge >= 0.3 is 5.69 Å². The Balaban J connectivity index is 1.82. The van der Waals surface area contributed by atoms with Crippen LogP contribution in [0.2, 0.25) is 0 Å². The molecule has 1 atom stereocenters. The van der Waals surface area contributed by atoms with Gasteiger partial charge in [0, 0.05) is 38.8 Å². The van der Waals surface area contributed by atoms with Gasteiger partial charge in [-0.05, 0) is 26.7 Å². The van der Waals surface area contributed by atoms with E-state index in [-0.39, 0.29) is 17.5 Å². The average molecular weight is 330 g/mol. The Bertz CT molecular complexity index is 792. The van der Waals surface area contributed by atoms with Crippen LogP contribution in [0.25, 0.3) is 0 Å². The molecule has 8 nitrogen and oxygen atoms in total. The van der Waals surface area contributed by atoms with E-state index in [9.17, 15) is 9.59 Å². The number of nitrogens with zero attached hydrogens (tertiary/aromatic N) is 6. The number of rotatable bonds is 3. The standard InChI is InChI=1S/C16H22N6O2/c1-4-22-14(19-20(3)16(22)24)12-6-5-7-21(10-12)15(23)13-9-17-11(2)8-18-13/h8-9,12H,4-7,10H2,1-3H3. The fraction of sp³-hybridized carbons (Fsp3) is 0.562. The monoisotopic (exact) mass is 330 g/mol. The highest BCUT2D eigenvalue weighted by Crippen LogP contribution is 2.25. The van der Waals surface area contributed by atoms with Gasteiger partial charge in [-0.1, -0.05) is 0 Å². The van der Waals surface area contributed by atoms with E-state index in [0.717, 1.165) is 24.4 Å². The Morgan fingerprint density at radius 1 is 1.33 bits per heavy atom. The van der Waals surface area contributed by atoms with Gasteiger partial charge < -0.3 is 4.90 Å². The van der Waals surface area contributed by atoms with Crippen molar-refractivity contribution in [1.82, 2.24) is 29.2 Å². The molecule has 0 spiro atoms. The van der Waals surface area contributed by atoms with Crippen LogP contribution in [0.1, 0.15) is 47.7 Å². The van der Waals surface area contributed by atoms with Crippen LogP contribution in [-0.4, -0.2) is 48.2 Å². The highest BCUT2D eigenvalue weighted by Gasteiger charge is 2.29. The number of carbonyl (C=O) groups is 1. The maximum atomic E-state index is 12.6. The number of aryl methyl sites for hydroxylation is 2. The maximum absolute atomic E-state index is 12.6. The number of piperidine rings is 1. The molecule has 0 saturated carbocycles. The molecule has 1 amide bonds. The van der Waals surface area contributed by atoms with Crippen molar-refractivity contribution in [3.05, 3.63) is 40.1 Å². The molecule has 1 unspecified atom stereocenters. The van der Waals surface area contributed by atoms with Crippen LogP contribution in [0, 0.1) is 6.92 Å². The zero-order valence-electron chi connectivity index (χ0n) is 14.3. The summed E-state index contributed by atoms with van der Waals surface area (Å²) in [5, 5.41) is 4.38. The van der Waals surface area contributed by atoms with Gasteiger partial charge in [0.15, 0.2) is 0 Å². The molecule has 0 N–H and O–H groups in total. The van der Waals surface area contributed by atoms with Gasteiger partial charge in [-0.2, -0.15) is 5.10 Å². The van der Waals surface area contributed by atoms with E-state index in [2.05, 4.69) is 15.1 Å². The van der Waals surface area contributed by atoms with E-state index < -0.39 is 0 Å². The van der Waals surface area contributed by atoms with Gasteiger partial charge in [0.25, 0.3) is 5.91 Å². The SMILES string of the molecule is CCn1c(C2CCCN(C(=O)c3cnc(C)cn3)C2)nn(C)c1=O. The summed E-state index contributed by atoms with van der Waals surface area (Å²) in [7, 11) is 1.66. The summed E-state index contributed by atoms with van der Waals surface area (Å²) in [5.74, 6) is 0.709. The largest absolute Gasteiger partial charge is 0.345 e. The van der Waals surface area contributed by atoms with Gasteiger partial charge in [-0.15, -0.1) is 0 Å². The Morgan fingerprint density at radius 2 is 2.12 bits per heavy atom. The van der Waals surface area contributed by atoms with Crippen molar-refractivity contribution in [1.29, 1.82) is 0 Å². The van der Waals surface area contributed by atoms with Crippen LogP contribution >= 0.6 is 0 Å². The van der Waals surface area contributed by atoms with Crippen molar-refractivity contribution in [3.8, 4) is 0 Å². The van der Waals surface area contributed by atoms with Gasteiger partial charge in [-0.25, -0.2) is 14.5 Å². The number of aromatic nitrogens is 5. The quantitative estimate of drug-likeness (QED) is 0.828. The highest BCUT2D eigenvalue weighted by atomic mass is 16.2. The normalized spacial score (nSPS) is 18.0. The van der Waals surface area contributed by atoms with E-state index >= 15 is 0 Å². The smallest absolute Gasteiger partial charge is 0.337 e. The molecular formula is C16H22N6O2. The highest BCUT2D eigenvalue weighted by molar-refractivity contribution is 5.92. The maximum Gasteiger partial charge on any atom is 0.345 e. The van der Waals surface area contributed by atoms with Gasteiger partial charge in [0.1, 0.15) is 11.5 Å².